The van der Waals surface area contributed by atoms with Crippen LogP contribution in [0.3, 0.4) is 0 Å². The first kappa shape index (κ1) is 21.2. The maximum atomic E-state index is 11.7. The number of nitrogens with one attached hydrogen (secondary N) is 1. The van der Waals surface area contributed by atoms with Crippen molar-refractivity contribution in [1.29, 1.82) is 0 Å². The molecule has 0 bridgehead atoms. The zero-order valence-corrected chi connectivity index (χ0v) is 17.6. The van der Waals surface area contributed by atoms with Gasteiger partial charge in [-0.3, -0.25) is 9.36 Å². The van der Waals surface area contributed by atoms with Crippen molar-refractivity contribution in [2.45, 2.75) is 70.1 Å². The van der Waals surface area contributed by atoms with Gasteiger partial charge in [0.15, 0.2) is 23.2 Å². The molecule has 1 saturated carbocycles. The highest BCUT2D eigenvalue weighted by molar-refractivity contribution is 6.28. The molecule has 4 rings (SSSR count). The molecule has 0 radical (unpaired) electrons. The Kier molecular flexibility index (Phi) is 6.10. The highest BCUT2D eigenvalue weighted by Crippen LogP contribution is 2.33. The number of carbonyl (C=O) groups is 1. The van der Waals surface area contributed by atoms with E-state index >= 15 is 0 Å². The summed E-state index contributed by atoms with van der Waals surface area (Å²) in [5.74, 6) is -0.170. The van der Waals surface area contributed by atoms with Crippen molar-refractivity contribution in [2.24, 2.45) is 5.92 Å². The number of nitrogens with zero attached hydrogens (tertiary/aromatic N) is 4. The van der Waals surface area contributed by atoms with Crippen LogP contribution in [-0.4, -0.2) is 66.7 Å². The Hall–Kier alpha value is -2.01. The monoisotopic (exact) mass is 439 g/mol. The van der Waals surface area contributed by atoms with Crippen LogP contribution >= 0.6 is 11.6 Å². The molecule has 10 nitrogen and oxygen atoms in total. The number of fused-ring (bicyclic) bond motifs is 1. The summed E-state index contributed by atoms with van der Waals surface area (Å²) in [5.41, 5.74) is 0.887. The number of ether oxygens (including phenoxy) is 2. The summed E-state index contributed by atoms with van der Waals surface area (Å²) >= 11 is 6.14. The van der Waals surface area contributed by atoms with E-state index < -0.39 is 30.5 Å². The minimum atomic E-state index is -1.26. The number of imidazole rings is 1. The molecule has 0 unspecified atom stereocenters. The third-order valence-corrected chi connectivity index (χ3v) is 5.73. The molecular formula is C19H26ClN5O5. The molecule has 164 valence electrons. The number of aliphatic hydroxyl groups excluding tert-OH is 2. The van der Waals surface area contributed by atoms with Crippen molar-refractivity contribution in [2.75, 3.05) is 11.9 Å². The molecule has 11 heteroatoms. The Morgan fingerprint density at radius 1 is 1.33 bits per heavy atom. The Morgan fingerprint density at radius 2 is 2.07 bits per heavy atom. The van der Waals surface area contributed by atoms with Crippen LogP contribution in [0.1, 0.15) is 45.8 Å². The van der Waals surface area contributed by atoms with Gasteiger partial charge in [-0.05, 0) is 24.4 Å². The number of carbonyl (C=O) groups excluding carboxylic acids is 1. The highest BCUT2D eigenvalue weighted by Gasteiger charge is 2.45. The van der Waals surface area contributed by atoms with Crippen LogP contribution in [0.4, 0.5) is 5.82 Å². The number of aliphatic hydroxyl groups is 2. The van der Waals surface area contributed by atoms with Gasteiger partial charge in [0, 0.05) is 6.04 Å². The van der Waals surface area contributed by atoms with E-state index in [1.54, 1.807) is 13.8 Å². The zero-order valence-electron chi connectivity index (χ0n) is 16.9. The van der Waals surface area contributed by atoms with Crippen LogP contribution in [-0.2, 0) is 14.3 Å². The number of hydrogen-bond donors (Lipinski definition) is 3. The van der Waals surface area contributed by atoms with Crippen molar-refractivity contribution >= 4 is 34.6 Å². The lowest BCUT2D eigenvalue weighted by Crippen LogP contribution is -2.34. The summed E-state index contributed by atoms with van der Waals surface area (Å²) in [5, 5.41) is 24.3. The maximum Gasteiger partial charge on any atom is 0.308 e. The maximum absolute atomic E-state index is 11.7. The topological polar surface area (TPSA) is 132 Å². The first-order valence-electron chi connectivity index (χ1n) is 10.2. The minimum Gasteiger partial charge on any atom is -0.463 e. The van der Waals surface area contributed by atoms with Gasteiger partial charge in [-0.1, -0.05) is 26.7 Å². The Labute approximate surface area is 178 Å². The number of aromatic nitrogens is 4. The van der Waals surface area contributed by atoms with Gasteiger partial charge in [0.1, 0.15) is 24.9 Å². The molecular weight excluding hydrogens is 414 g/mol. The molecule has 30 heavy (non-hydrogen) atoms. The van der Waals surface area contributed by atoms with Gasteiger partial charge in [-0.25, -0.2) is 4.98 Å². The van der Waals surface area contributed by atoms with E-state index in [2.05, 4.69) is 20.3 Å². The van der Waals surface area contributed by atoms with Crippen molar-refractivity contribution < 1.29 is 24.5 Å². The molecule has 1 aliphatic heterocycles. The third kappa shape index (κ3) is 4.09. The van der Waals surface area contributed by atoms with Gasteiger partial charge in [-0.2, -0.15) is 9.97 Å². The van der Waals surface area contributed by atoms with Gasteiger partial charge in [0.05, 0.1) is 12.2 Å². The lowest BCUT2D eigenvalue weighted by molar-refractivity contribution is -0.153. The van der Waals surface area contributed by atoms with Crippen LogP contribution in [0, 0.1) is 5.92 Å². The summed E-state index contributed by atoms with van der Waals surface area (Å²) in [7, 11) is 0. The molecule has 2 aromatic heterocycles. The van der Waals surface area contributed by atoms with Gasteiger partial charge in [0.25, 0.3) is 0 Å². The summed E-state index contributed by atoms with van der Waals surface area (Å²) in [6.07, 6.45) is 1.57. The molecule has 1 aliphatic carbocycles. The number of rotatable bonds is 6. The molecule has 0 aromatic carbocycles. The Balaban J connectivity index is 1.56. The summed E-state index contributed by atoms with van der Waals surface area (Å²) in [6.45, 7) is 3.26. The largest absolute Gasteiger partial charge is 0.463 e. The van der Waals surface area contributed by atoms with E-state index in [0.29, 0.717) is 23.0 Å². The molecule has 2 aliphatic rings. The SMILES string of the molecule is CC(C)C(=O)OC[C@H]1O[C@@H](n2cnc3c(NC4CCCC4)nc(Cl)nc32)[C@H](O)[C@@H]1O. The normalized spacial score (nSPS) is 27.3. The Morgan fingerprint density at radius 3 is 2.77 bits per heavy atom. The molecule has 4 atom stereocenters. The Bertz CT molecular complexity index is 916. The van der Waals surface area contributed by atoms with Gasteiger partial charge >= 0.3 is 5.97 Å². The second-order valence-corrected chi connectivity index (χ2v) is 8.46. The smallest absolute Gasteiger partial charge is 0.308 e. The van der Waals surface area contributed by atoms with Crippen LogP contribution in [0.15, 0.2) is 6.33 Å². The van der Waals surface area contributed by atoms with Crippen LogP contribution in [0.25, 0.3) is 11.2 Å². The molecule has 2 fully saturated rings. The van der Waals surface area contributed by atoms with Crippen LogP contribution in [0.2, 0.25) is 5.28 Å². The number of hydrogen-bond acceptors (Lipinski definition) is 9. The van der Waals surface area contributed by atoms with Gasteiger partial charge in [0.2, 0.25) is 5.28 Å². The van der Waals surface area contributed by atoms with E-state index in [4.69, 9.17) is 21.1 Å². The number of anilines is 1. The first-order chi connectivity index (χ1) is 14.3. The number of esters is 1. The lowest BCUT2D eigenvalue weighted by atomic mass is 10.1. The number of halogens is 1. The fraction of sp³-hybridized carbons (Fsp3) is 0.684. The van der Waals surface area contributed by atoms with E-state index in [1.165, 1.54) is 10.9 Å². The molecule has 2 aromatic rings. The molecule has 3 heterocycles. The van der Waals surface area contributed by atoms with Crippen LogP contribution < -0.4 is 5.32 Å². The minimum absolute atomic E-state index is 0.0418. The van der Waals surface area contributed by atoms with Crippen molar-refractivity contribution in [3.63, 3.8) is 0 Å². The highest BCUT2D eigenvalue weighted by atomic mass is 35.5. The van der Waals surface area contributed by atoms with E-state index in [9.17, 15) is 15.0 Å². The molecule has 3 N–H and O–H groups in total. The second kappa shape index (κ2) is 8.62. The molecule has 0 spiro atoms. The second-order valence-electron chi connectivity index (χ2n) is 8.12. The van der Waals surface area contributed by atoms with E-state index in [0.717, 1.165) is 25.7 Å². The lowest BCUT2D eigenvalue weighted by Gasteiger charge is -2.17. The van der Waals surface area contributed by atoms with E-state index in [-0.39, 0.29) is 17.8 Å². The van der Waals surface area contributed by atoms with Crippen molar-refractivity contribution in [3.8, 4) is 0 Å². The quantitative estimate of drug-likeness (QED) is 0.454. The van der Waals surface area contributed by atoms with Crippen molar-refractivity contribution in [1.82, 2.24) is 19.5 Å². The summed E-state index contributed by atoms with van der Waals surface area (Å²) in [6, 6.07) is 0.305. The van der Waals surface area contributed by atoms with E-state index in [1.807, 2.05) is 0 Å². The summed E-state index contributed by atoms with van der Waals surface area (Å²) < 4.78 is 12.5. The van der Waals surface area contributed by atoms with Gasteiger partial charge in [-0.15, -0.1) is 0 Å². The van der Waals surface area contributed by atoms with Gasteiger partial charge < -0.3 is 25.0 Å². The van der Waals surface area contributed by atoms with Crippen LogP contribution in [0.5, 0.6) is 0 Å². The average molecular weight is 440 g/mol. The molecule has 1 saturated heterocycles. The predicted molar refractivity (Wildman–Crippen MR) is 108 cm³/mol. The fourth-order valence-corrected chi connectivity index (χ4v) is 4.03. The molecule has 0 amide bonds. The predicted octanol–water partition coefficient (Wildman–Crippen LogP) is 1.65. The summed E-state index contributed by atoms with van der Waals surface area (Å²) in [4.78, 5) is 24.6. The third-order valence-electron chi connectivity index (χ3n) is 5.56. The standard InChI is InChI=1S/C19H26ClN5O5/c1-9(2)18(28)29-7-11-13(26)14(27)17(30-11)25-8-21-12-15(22-10-5-3-4-6-10)23-19(20)24-16(12)25/h8-11,13-14,17,26-27H,3-7H2,1-2H3,(H,22,23,24)/t11-,13-,14-,17-/m1/s1. The van der Waals surface area contributed by atoms with Crippen molar-refractivity contribution in [3.05, 3.63) is 11.6 Å². The fourth-order valence-electron chi connectivity index (χ4n) is 3.87. The zero-order chi connectivity index (χ0) is 21.4. The first-order valence-corrected chi connectivity index (χ1v) is 10.6. The average Bonchev–Trinajstić information content (AvgIpc) is 3.42.